The van der Waals surface area contributed by atoms with Crippen LogP contribution in [0.4, 0.5) is 23.7 Å². The summed E-state index contributed by atoms with van der Waals surface area (Å²) >= 11 is 7.34. The molecule has 0 spiro atoms. The molecule has 8 heteroatoms. The van der Waals surface area contributed by atoms with E-state index in [-0.39, 0.29) is 11.4 Å². The summed E-state index contributed by atoms with van der Waals surface area (Å²) in [6.45, 7) is 0.524. The van der Waals surface area contributed by atoms with E-state index >= 15 is 0 Å². The molecule has 3 rings (SSSR count). The van der Waals surface area contributed by atoms with Gasteiger partial charge in [-0.1, -0.05) is 23.7 Å². The van der Waals surface area contributed by atoms with Gasteiger partial charge >= 0.3 is 12.2 Å². The first kappa shape index (κ1) is 17.9. The van der Waals surface area contributed by atoms with E-state index in [1.807, 2.05) is 0 Å². The van der Waals surface area contributed by atoms with Gasteiger partial charge in [-0.25, -0.2) is 4.79 Å². The highest BCUT2D eigenvalue weighted by molar-refractivity contribution is 7.99. The van der Waals surface area contributed by atoms with Crippen molar-refractivity contribution in [1.29, 1.82) is 0 Å². The molecule has 1 fully saturated rings. The zero-order valence-electron chi connectivity index (χ0n) is 12.9. The molecule has 2 amide bonds. The number of alkyl halides is 3. The van der Waals surface area contributed by atoms with Crippen molar-refractivity contribution >= 4 is 35.1 Å². The topological polar surface area (TPSA) is 32.3 Å². The van der Waals surface area contributed by atoms with Gasteiger partial charge in [0.15, 0.2) is 0 Å². The van der Waals surface area contributed by atoms with Gasteiger partial charge in [0.1, 0.15) is 5.37 Å². The van der Waals surface area contributed by atoms with Crippen molar-refractivity contribution in [1.82, 2.24) is 4.90 Å². The first-order valence-electron chi connectivity index (χ1n) is 7.46. The summed E-state index contributed by atoms with van der Waals surface area (Å²) in [6.07, 6.45) is -4.37. The summed E-state index contributed by atoms with van der Waals surface area (Å²) in [5, 5.41) is 3.04. The molecule has 2 aromatic rings. The summed E-state index contributed by atoms with van der Waals surface area (Å²) in [6, 6.07) is 11.4. The highest BCUT2D eigenvalue weighted by atomic mass is 35.5. The number of benzene rings is 2. The van der Waals surface area contributed by atoms with Crippen LogP contribution in [0.5, 0.6) is 0 Å². The van der Waals surface area contributed by atoms with E-state index in [2.05, 4.69) is 5.32 Å². The molecule has 0 radical (unpaired) electrons. The molecule has 25 heavy (non-hydrogen) atoms. The number of halogens is 4. The smallest absolute Gasteiger partial charge is 0.308 e. The van der Waals surface area contributed by atoms with E-state index in [0.29, 0.717) is 22.8 Å². The van der Waals surface area contributed by atoms with Crippen LogP contribution in [0.25, 0.3) is 0 Å². The molecule has 1 atom stereocenters. The Labute approximate surface area is 152 Å². The maximum Gasteiger partial charge on any atom is 0.416 e. The molecule has 0 bridgehead atoms. The quantitative estimate of drug-likeness (QED) is 0.724. The zero-order valence-corrected chi connectivity index (χ0v) is 14.5. The molecule has 0 aromatic heterocycles. The maximum atomic E-state index is 12.7. The van der Waals surface area contributed by atoms with Crippen molar-refractivity contribution in [2.75, 3.05) is 17.6 Å². The molecular weight excluding hydrogens is 373 g/mol. The monoisotopic (exact) mass is 386 g/mol. The number of amides is 2. The van der Waals surface area contributed by atoms with Crippen molar-refractivity contribution in [3.63, 3.8) is 0 Å². The van der Waals surface area contributed by atoms with E-state index in [1.54, 1.807) is 29.2 Å². The van der Waals surface area contributed by atoms with Crippen molar-refractivity contribution in [3.8, 4) is 0 Å². The number of thioether (sulfide) groups is 1. The van der Waals surface area contributed by atoms with Crippen LogP contribution in [-0.2, 0) is 6.18 Å². The van der Waals surface area contributed by atoms with Crippen molar-refractivity contribution < 1.29 is 18.0 Å². The molecule has 0 saturated carbocycles. The largest absolute Gasteiger partial charge is 0.416 e. The lowest BCUT2D eigenvalue weighted by Gasteiger charge is -2.24. The Morgan fingerprint density at radius 1 is 1.12 bits per heavy atom. The number of anilines is 1. The fraction of sp³-hybridized carbons (Fsp3) is 0.235. The Kier molecular flexibility index (Phi) is 5.15. The first-order valence-corrected chi connectivity index (χ1v) is 8.89. The third-order valence-corrected chi connectivity index (χ3v) is 5.28. The van der Waals surface area contributed by atoms with Gasteiger partial charge in [0.25, 0.3) is 0 Å². The van der Waals surface area contributed by atoms with Gasteiger partial charge in [0, 0.05) is 23.0 Å². The Morgan fingerprint density at radius 3 is 2.36 bits per heavy atom. The lowest BCUT2D eigenvalue weighted by atomic mass is 10.1. The molecule has 1 aliphatic heterocycles. The molecule has 0 aliphatic carbocycles. The minimum atomic E-state index is -4.37. The Balaban J connectivity index is 1.73. The number of carbonyl (C=O) groups excluding carboxylic acids is 1. The normalized spacial score (nSPS) is 17.6. The van der Waals surface area contributed by atoms with Crippen LogP contribution in [0, 0.1) is 0 Å². The van der Waals surface area contributed by atoms with E-state index in [4.69, 9.17) is 11.6 Å². The fourth-order valence-electron chi connectivity index (χ4n) is 2.52. The summed E-state index contributed by atoms with van der Waals surface area (Å²) in [7, 11) is 0. The highest BCUT2D eigenvalue weighted by Crippen LogP contribution is 2.39. The predicted molar refractivity (Wildman–Crippen MR) is 93.8 cm³/mol. The summed E-state index contributed by atoms with van der Waals surface area (Å²) in [4.78, 5) is 14.1. The van der Waals surface area contributed by atoms with Crippen molar-refractivity contribution in [3.05, 3.63) is 64.7 Å². The molecule has 132 valence electrons. The molecule has 1 aliphatic rings. The van der Waals surface area contributed by atoms with Crippen LogP contribution in [-0.4, -0.2) is 23.2 Å². The number of carbonyl (C=O) groups is 1. The van der Waals surface area contributed by atoms with Crippen LogP contribution in [0.3, 0.4) is 0 Å². The Morgan fingerprint density at radius 2 is 1.76 bits per heavy atom. The number of urea groups is 1. The maximum absolute atomic E-state index is 12.7. The molecule has 1 N–H and O–H groups in total. The Bertz CT molecular complexity index is 750. The van der Waals surface area contributed by atoms with E-state index in [1.165, 1.54) is 23.9 Å². The molecule has 2 aromatic carbocycles. The fourth-order valence-corrected chi connectivity index (χ4v) is 3.90. The van der Waals surface area contributed by atoms with E-state index in [9.17, 15) is 18.0 Å². The predicted octanol–water partition coefficient (Wildman–Crippen LogP) is 5.64. The van der Waals surface area contributed by atoms with Crippen LogP contribution in [0.1, 0.15) is 16.5 Å². The van der Waals surface area contributed by atoms with Gasteiger partial charge in [-0.2, -0.15) is 13.2 Å². The summed E-state index contributed by atoms with van der Waals surface area (Å²) < 4.78 is 38.0. The number of hydrogen-bond acceptors (Lipinski definition) is 2. The number of rotatable bonds is 2. The minimum Gasteiger partial charge on any atom is -0.308 e. The molecule has 1 unspecified atom stereocenters. The lowest BCUT2D eigenvalue weighted by molar-refractivity contribution is -0.137. The molecule has 3 nitrogen and oxygen atoms in total. The molecular formula is C17H14ClF3N2OS. The third kappa shape index (κ3) is 4.22. The van der Waals surface area contributed by atoms with Gasteiger partial charge in [0.2, 0.25) is 0 Å². The second-order valence-electron chi connectivity index (χ2n) is 5.47. The van der Waals surface area contributed by atoms with Crippen molar-refractivity contribution in [2.24, 2.45) is 0 Å². The van der Waals surface area contributed by atoms with Crippen LogP contribution < -0.4 is 5.32 Å². The van der Waals surface area contributed by atoms with Crippen LogP contribution in [0.15, 0.2) is 48.5 Å². The van der Waals surface area contributed by atoms with Gasteiger partial charge in [-0.3, -0.25) is 0 Å². The first-order chi connectivity index (χ1) is 11.8. The average Bonchev–Trinajstić information content (AvgIpc) is 3.06. The van der Waals surface area contributed by atoms with Crippen LogP contribution in [0.2, 0.25) is 5.02 Å². The van der Waals surface area contributed by atoms with Gasteiger partial charge < -0.3 is 10.2 Å². The van der Waals surface area contributed by atoms with Crippen molar-refractivity contribution in [2.45, 2.75) is 11.6 Å². The summed E-state index contributed by atoms with van der Waals surface area (Å²) in [5.41, 5.74) is 0.579. The molecule has 1 saturated heterocycles. The Hall–Kier alpha value is -1.86. The number of hydrogen-bond donors (Lipinski definition) is 1. The van der Waals surface area contributed by atoms with E-state index in [0.717, 1.165) is 17.9 Å². The van der Waals surface area contributed by atoms with Crippen LogP contribution >= 0.6 is 23.4 Å². The SMILES string of the molecule is O=C(Nc1ccc(Cl)cc1)N1CCSC1c1ccc(C(F)(F)F)cc1. The zero-order chi connectivity index (χ0) is 18.0. The van der Waals surface area contributed by atoms with Gasteiger partial charge in [0.05, 0.1) is 5.56 Å². The van der Waals surface area contributed by atoms with Gasteiger partial charge in [-0.05, 0) is 42.0 Å². The number of nitrogens with one attached hydrogen (secondary N) is 1. The minimum absolute atomic E-state index is 0.294. The van der Waals surface area contributed by atoms with E-state index < -0.39 is 11.7 Å². The second kappa shape index (κ2) is 7.17. The standard InChI is InChI=1S/C17H14ClF3N2OS/c18-13-5-7-14(8-6-13)22-16(24)23-9-10-25-15(23)11-1-3-12(4-2-11)17(19,20)21/h1-8,15H,9-10H2,(H,22,24). The second-order valence-corrected chi connectivity index (χ2v) is 7.10. The third-order valence-electron chi connectivity index (χ3n) is 3.77. The lowest BCUT2D eigenvalue weighted by Crippen LogP contribution is -2.34. The highest BCUT2D eigenvalue weighted by Gasteiger charge is 2.33. The number of nitrogens with zero attached hydrogens (tertiary/aromatic N) is 1. The molecule has 1 heterocycles. The average molecular weight is 387 g/mol. The van der Waals surface area contributed by atoms with Gasteiger partial charge in [-0.15, -0.1) is 11.8 Å². The summed E-state index contributed by atoms with van der Waals surface area (Å²) in [5.74, 6) is 0.722.